The first-order valence-electron chi connectivity index (χ1n) is 11.9. The summed E-state index contributed by atoms with van der Waals surface area (Å²) >= 11 is 0. The molecule has 3 aromatic carbocycles. The number of nitrogens with zero attached hydrogens (tertiary/aromatic N) is 2. The van der Waals surface area contributed by atoms with E-state index in [1.165, 1.54) is 0 Å². The zero-order valence-electron chi connectivity index (χ0n) is 19.9. The lowest BCUT2D eigenvalue weighted by Gasteiger charge is -2.23. The number of hydrogen-bond donors (Lipinski definition) is 0. The standard InChI is InChI=1S/C29H28N2O4/c1-3-33-26(32)19-34-25-16-10-15-22-23(25)17-18-24(22)31(2)29-30-27(20-11-6-4-7-12-20)28(35-29)21-13-8-5-9-14-21/h4-16,24H,3,17-19H2,1-2H3. The molecular weight excluding hydrogens is 440 g/mol. The summed E-state index contributed by atoms with van der Waals surface area (Å²) in [6.45, 7) is 2.03. The summed E-state index contributed by atoms with van der Waals surface area (Å²) in [6, 6.07) is 26.8. The van der Waals surface area contributed by atoms with Crippen LogP contribution in [0.25, 0.3) is 22.6 Å². The van der Waals surface area contributed by atoms with Crippen molar-refractivity contribution in [2.24, 2.45) is 0 Å². The maximum Gasteiger partial charge on any atom is 0.344 e. The fourth-order valence-electron chi connectivity index (χ4n) is 4.65. The molecule has 178 valence electrons. The van der Waals surface area contributed by atoms with Crippen molar-refractivity contribution in [1.82, 2.24) is 4.98 Å². The maximum absolute atomic E-state index is 11.8. The molecular formula is C29H28N2O4. The Labute approximate surface area is 205 Å². The predicted molar refractivity (Wildman–Crippen MR) is 135 cm³/mol. The van der Waals surface area contributed by atoms with E-state index in [1.54, 1.807) is 6.92 Å². The van der Waals surface area contributed by atoms with E-state index in [-0.39, 0.29) is 18.6 Å². The van der Waals surface area contributed by atoms with E-state index in [0.29, 0.717) is 12.6 Å². The van der Waals surface area contributed by atoms with Gasteiger partial charge in [0.05, 0.1) is 12.6 Å². The van der Waals surface area contributed by atoms with Gasteiger partial charge >= 0.3 is 5.97 Å². The number of anilines is 1. The summed E-state index contributed by atoms with van der Waals surface area (Å²) in [7, 11) is 2.02. The third kappa shape index (κ3) is 4.64. The highest BCUT2D eigenvalue weighted by atomic mass is 16.6. The van der Waals surface area contributed by atoms with Crippen LogP contribution in [0.15, 0.2) is 83.3 Å². The number of oxazole rings is 1. The average Bonchev–Trinajstić information content (AvgIpc) is 3.54. The van der Waals surface area contributed by atoms with Crippen LogP contribution in [-0.2, 0) is 16.0 Å². The number of ether oxygens (including phenoxy) is 2. The van der Waals surface area contributed by atoms with Crippen molar-refractivity contribution in [3.05, 3.63) is 90.0 Å². The topological polar surface area (TPSA) is 64.8 Å². The molecule has 0 spiro atoms. The van der Waals surface area contributed by atoms with Gasteiger partial charge in [0.25, 0.3) is 6.01 Å². The van der Waals surface area contributed by atoms with Crippen LogP contribution < -0.4 is 9.64 Å². The second kappa shape index (κ2) is 10.1. The normalized spacial score (nSPS) is 14.4. The van der Waals surface area contributed by atoms with Crippen molar-refractivity contribution >= 4 is 12.0 Å². The number of carbonyl (C=O) groups is 1. The van der Waals surface area contributed by atoms with Crippen LogP contribution in [0, 0.1) is 0 Å². The highest BCUT2D eigenvalue weighted by Crippen LogP contribution is 2.43. The van der Waals surface area contributed by atoms with Crippen molar-refractivity contribution in [2.45, 2.75) is 25.8 Å². The first-order valence-corrected chi connectivity index (χ1v) is 11.9. The molecule has 5 rings (SSSR count). The first kappa shape index (κ1) is 22.7. The molecule has 1 atom stereocenters. The fourth-order valence-corrected chi connectivity index (χ4v) is 4.65. The minimum Gasteiger partial charge on any atom is -0.482 e. The van der Waals surface area contributed by atoms with E-state index in [4.69, 9.17) is 18.9 Å². The molecule has 0 aliphatic heterocycles. The molecule has 1 aliphatic rings. The van der Waals surface area contributed by atoms with E-state index in [9.17, 15) is 4.79 Å². The zero-order chi connectivity index (χ0) is 24.2. The van der Waals surface area contributed by atoms with Crippen molar-refractivity contribution in [3.63, 3.8) is 0 Å². The highest BCUT2D eigenvalue weighted by Gasteiger charge is 2.31. The number of carbonyl (C=O) groups excluding carboxylic acids is 1. The minimum atomic E-state index is -0.363. The van der Waals surface area contributed by atoms with Gasteiger partial charge in [-0.3, -0.25) is 0 Å². The van der Waals surface area contributed by atoms with E-state index in [1.807, 2.05) is 79.8 Å². The minimum absolute atomic E-state index is 0.0852. The quantitative estimate of drug-likeness (QED) is 0.292. The summed E-state index contributed by atoms with van der Waals surface area (Å²) in [5.74, 6) is 1.12. The Balaban J connectivity index is 1.45. The van der Waals surface area contributed by atoms with Gasteiger partial charge in [-0.05, 0) is 37.0 Å². The van der Waals surface area contributed by atoms with Crippen molar-refractivity contribution in [2.75, 3.05) is 25.2 Å². The molecule has 0 radical (unpaired) electrons. The smallest absolute Gasteiger partial charge is 0.344 e. The Morgan fingerprint density at radius 2 is 1.71 bits per heavy atom. The summed E-state index contributed by atoms with van der Waals surface area (Å²) in [6.07, 6.45) is 1.75. The van der Waals surface area contributed by atoms with E-state index in [2.05, 4.69) is 11.0 Å². The van der Waals surface area contributed by atoms with Crippen molar-refractivity contribution < 1.29 is 18.7 Å². The lowest BCUT2D eigenvalue weighted by molar-refractivity contribution is -0.145. The number of fused-ring (bicyclic) bond motifs is 1. The third-order valence-corrected chi connectivity index (χ3v) is 6.32. The predicted octanol–water partition coefficient (Wildman–Crippen LogP) is 6.07. The van der Waals surface area contributed by atoms with Gasteiger partial charge in [0.1, 0.15) is 11.4 Å². The molecule has 0 saturated carbocycles. The monoisotopic (exact) mass is 468 g/mol. The largest absolute Gasteiger partial charge is 0.482 e. The van der Waals surface area contributed by atoms with Crippen LogP contribution >= 0.6 is 0 Å². The van der Waals surface area contributed by atoms with Gasteiger partial charge in [-0.1, -0.05) is 72.8 Å². The highest BCUT2D eigenvalue weighted by molar-refractivity contribution is 5.78. The van der Waals surface area contributed by atoms with Crippen LogP contribution in [0.3, 0.4) is 0 Å². The molecule has 6 heteroatoms. The van der Waals surface area contributed by atoms with E-state index in [0.717, 1.165) is 52.3 Å². The number of aromatic nitrogens is 1. The number of esters is 1. The maximum atomic E-state index is 11.8. The molecule has 4 aromatic rings. The summed E-state index contributed by atoms with van der Waals surface area (Å²) < 4.78 is 17.2. The molecule has 1 aliphatic carbocycles. The molecule has 6 nitrogen and oxygen atoms in total. The second-order valence-corrected chi connectivity index (χ2v) is 8.49. The molecule has 0 fully saturated rings. The second-order valence-electron chi connectivity index (χ2n) is 8.49. The zero-order valence-corrected chi connectivity index (χ0v) is 19.9. The van der Waals surface area contributed by atoms with Crippen LogP contribution in [0.2, 0.25) is 0 Å². The third-order valence-electron chi connectivity index (χ3n) is 6.32. The molecule has 1 unspecified atom stereocenters. The molecule has 0 amide bonds. The van der Waals surface area contributed by atoms with Crippen LogP contribution in [0.1, 0.15) is 30.5 Å². The summed E-state index contributed by atoms with van der Waals surface area (Å²) in [4.78, 5) is 18.8. The molecule has 0 saturated heterocycles. The van der Waals surface area contributed by atoms with Crippen molar-refractivity contribution in [1.29, 1.82) is 0 Å². The summed E-state index contributed by atoms with van der Waals surface area (Å²) in [5, 5.41) is 0. The first-order chi connectivity index (χ1) is 17.2. The average molecular weight is 469 g/mol. The molecule has 1 aromatic heterocycles. The van der Waals surface area contributed by atoms with Crippen molar-refractivity contribution in [3.8, 4) is 28.3 Å². The van der Waals surface area contributed by atoms with Gasteiger partial charge in [0.2, 0.25) is 0 Å². The van der Waals surface area contributed by atoms with Gasteiger partial charge in [-0.25, -0.2) is 4.79 Å². The van der Waals surface area contributed by atoms with Crippen LogP contribution in [-0.4, -0.2) is 31.2 Å². The Morgan fingerprint density at radius 3 is 2.43 bits per heavy atom. The van der Waals surface area contributed by atoms with Crippen LogP contribution in [0.4, 0.5) is 6.01 Å². The van der Waals surface area contributed by atoms with E-state index < -0.39 is 0 Å². The Bertz CT molecular complexity index is 1240. The molecule has 0 bridgehead atoms. The number of benzene rings is 3. The van der Waals surface area contributed by atoms with Crippen LogP contribution in [0.5, 0.6) is 5.75 Å². The van der Waals surface area contributed by atoms with Gasteiger partial charge in [-0.2, -0.15) is 4.98 Å². The molecule has 35 heavy (non-hydrogen) atoms. The molecule has 0 N–H and O–H groups in total. The number of hydrogen-bond acceptors (Lipinski definition) is 6. The van der Waals surface area contributed by atoms with E-state index >= 15 is 0 Å². The Kier molecular flexibility index (Phi) is 6.53. The Morgan fingerprint density at radius 1 is 1.00 bits per heavy atom. The lowest BCUT2D eigenvalue weighted by Crippen LogP contribution is -2.22. The van der Waals surface area contributed by atoms with Gasteiger partial charge in [0, 0.05) is 18.2 Å². The van der Waals surface area contributed by atoms with Gasteiger partial charge in [-0.15, -0.1) is 0 Å². The Hall–Kier alpha value is -4.06. The lowest BCUT2D eigenvalue weighted by atomic mass is 10.1. The number of rotatable bonds is 8. The summed E-state index contributed by atoms with van der Waals surface area (Å²) in [5.41, 5.74) is 5.10. The molecule has 1 heterocycles. The van der Waals surface area contributed by atoms with Gasteiger partial charge < -0.3 is 18.8 Å². The fraction of sp³-hybridized carbons (Fsp3) is 0.241. The van der Waals surface area contributed by atoms with Gasteiger partial charge in [0.15, 0.2) is 12.4 Å². The SMILES string of the molecule is CCOC(=O)COc1cccc2c1CCC2N(C)c1nc(-c2ccccc2)c(-c2ccccc2)o1.